The van der Waals surface area contributed by atoms with E-state index in [4.69, 9.17) is 15.2 Å². The van der Waals surface area contributed by atoms with Crippen LogP contribution in [0, 0.1) is 6.92 Å². The Morgan fingerprint density at radius 2 is 1.65 bits per heavy atom. The Balaban J connectivity index is 1.46. The summed E-state index contributed by atoms with van der Waals surface area (Å²) in [7, 11) is 0. The lowest BCUT2D eigenvalue weighted by Gasteiger charge is -2.14. The fraction of sp³-hybridized carbons (Fsp3) is 0.227. The van der Waals surface area contributed by atoms with E-state index in [9.17, 15) is 0 Å². The van der Waals surface area contributed by atoms with Crippen molar-refractivity contribution >= 4 is 0 Å². The fourth-order valence-corrected chi connectivity index (χ4v) is 2.63. The van der Waals surface area contributed by atoms with Gasteiger partial charge in [-0.25, -0.2) is 0 Å². The summed E-state index contributed by atoms with van der Waals surface area (Å²) in [6.07, 6.45) is 4.25. The average Bonchev–Trinajstić information content (AvgIpc) is 2.67. The van der Waals surface area contributed by atoms with Gasteiger partial charge in [0, 0.05) is 12.2 Å². The van der Waals surface area contributed by atoms with E-state index < -0.39 is 0 Å². The summed E-state index contributed by atoms with van der Waals surface area (Å²) in [5.41, 5.74) is 9.58. The lowest BCUT2D eigenvalue weighted by atomic mass is 10.1. The molecule has 1 heterocycles. The first-order valence-electron chi connectivity index (χ1n) is 8.75. The summed E-state index contributed by atoms with van der Waals surface area (Å²) in [4.78, 5) is 4.12. The maximum atomic E-state index is 6.19. The van der Waals surface area contributed by atoms with E-state index in [0.29, 0.717) is 13.2 Å². The van der Waals surface area contributed by atoms with Crippen LogP contribution in [0.4, 0.5) is 0 Å². The van der Waals surface area contributed by atoms with Crippen LogP contribution in [0.1, 0.15) is 16.7 Å². The highest BCUT2D eigenvalue weighted by atomic mass is 16.5. The third-order valence-corrected chi connectivity index (χ3v) is 3.98. The number of ether oxygens (including phenoxy) is 2. The Labute approximate surface area is 154 Å². The minimum atomic E-state index is -0.0772. The lowest BCUT2D eigenvalue weighted by molar-refractivity contribution is 0.286. The normalized spacial score (nSPS) is 11.8. The first kappa shape index (κ1) is 18.0. The van der Waals surface area contributed by atoms with Crippen molar-refractivity contribution in [1.82, 2.24) is 4.98 Å². The molecule has 0 fully saturated rings. The molecule has 26 heavy (non-hydrogen) atoms. The van der Waals surface area contributed by atoms with Crippen LogP contribution in [0.3, 0.4) is 0 Å². The van der Waals surface area contributed by atoms with Gasteiger partial charge in [0.1, 0.15) is 24.7 Å². The maximum Gasteiger partial charge on any atom is 0.137 e. The summed E-state index contributed by atoms with van der Waals surface area (Å²) < 4.78 is 11.5. The average molecular weight is 348 g/mol. The zero-order valence-electron chi connectivity index (χ0n) is 15.0. The van der Waals surface area contributed by atoms with E-state index in [2.05, 4.69) is 29.2 Å². The van der Waals surface area contributed by atoms with Crippen molar-refractivity contribution in [2.75, 3.05) is 6.61 Å². The Bertz CT molecular complexity index is 804. The molecule has 4 heteroatoms. The van der Waals surface area contributed by atoms with Gasteiger partial charge in [-0.2, -0.15) is 0 Å². The van der Waals surface area contributed by atoms with Crippen LogP contribution in [0.2, 0.25) is 0 Å². The van der Waals surface area contributed by atoms with Crippen molar-refractivity contribution in [3.8, 4) is 11.5 Å². The van der Waals surface area contributed by atoms with E-state index in [1.54, 1.807) is 12.4 Å². The Hall–Kier alpha value is -2.85. The van der Waals surface area contributed by atoms with Gasteiger partial charge >= 0.3 is 0 Å². The summed E-state index contributed by atoms with van der Waals surface area (Å²) in [5, 5.41) is 0. The second-order valence-electron chi connectivity index (χ2n) is 6.39. The fourth-order valence-electron chi connectivity index (χ4n) is 2.63. The van der Waals surface area contributed by atoms with Gasteiger partial charge in [-0.3, -0.25) is 4.98 Å². The number of benzene rings is 2. The molecule has 0 amide bonds. The van der Waals surface area contributed by atoms with Gasteiger partial charge < -0.3 is 15.2 Å². The number of aryl methyl sites for hydroxylation is 1. The number of pyridine rings is 1. The zero-order valence-corrected chi connectivity index (χ0v) is 15.0. The molecule has 3 aromatic rings. The summed E-state index contributed by atoms with van der Waals surface area (Å²) in [6.45, 7) is 3.01. The minimum absolute atomic E-state index is 0.0772. The van der Waals surface area contributed by atoms with Gasteiger partial charge in [0.2, 0.25) is 0 Å². The molecule has 1 unspecified atom stereocenters. The first-order chi connectivity index (χ1) is 12.7. The van der Waals surface area contributed by atoms with Crippen LogP contribution in [0.15, 0.2) is 73.1 Å². The second kappa shape index (κ2) is 9.02. The standard InChI is InChI=1S/C22H24N2O2/c1-17-11-22(14-24-13-17)26-16-20(23)12-18-7-9-21(10-8-18)25-15-19-5-3-2-4-6-19/h2-11,13-14,20H,12,15-16,23H2,1H3. The molecule has 0 saturated carbocycles. The van der Waals surface area contributed by atoms with Gasteiger partial charge in [0.25, 0.3) is 0 Å². The van der Waals surface area contributed by atoms with Crippen LogP contribution in [-0.4, -0.2) is 17.6 Å². The zero-order chi connectivity index (χ0) is 18.2. The molecule has 0 aliphatic heterocycles. The summed E-state index contributed by atoms with van der Waals surface area (Å²) in [6, 6.07) is 20.1. The topological polar surface area (TPSA) is 57.4 Å². The van der Waals surface area contributed by atoms with E-state index in [1.807, 2.05) is 43.3 Å². The monoisotopic (exact) mass is 348 g/mol. The van der Waals surface area contributed by atoms with Gasteiger partial charge in [0.15, 0.2) is 0 Å². The van der Waals surface area contributed by atoms with Crippen LogP contribution in [0.5, 0.6) is 11.5 Å². The quantitative estimate of drug-likeness (QED) is 0.670. The number of hydrogen-bond acceptors (Lipinski definition) is 4. The summed E-state index contributed by atoms with van der Waals surface area (Å²) in [5.74, 6) is 1.61. The van der Waals surface area contributed by atoms with Gasteiger partial charge in [-0.05, 0) is 48.2 Å². The molecule has 1 atom stereocenters. The minimum Gasteiger partial charge on any atom is -0.490 e. The molecule has 3 rings (SSSR count). The van der Waals surface area contributed by atoms with Crippen LogP contribution in [0.25, 0.3) is 0 Å². The molecule has 2 aromatic carbocycles. The number of rotatable bonds is 8. The molecule has 4 nitrogen and oxygen atoms in total. The molecule has 0 bridgehead atoms. The number of aromatic nitrogens is 1. The highest BCUT2D eigenvalue weighted by Crippen LogP contribution is 2.16. The first-order valence-corrected chi connectivity index (χ1v) is 8.75. The lowest BCUT2D eigenvalue weighted by Crippen LogP contribution is -2.30. The van der Waals surface area contributed by atoms with Crippen LogP contribution in [-0.2, 0) is 13.0 Å². The predicted octanol–water partition coefficient (Wildman–Crippen LogP) is 3.92. The van der Waals surface area contributed by atoms with Crippen molar-refractivity contribution < 1.29 is 9.47 Å². The van der Waals surface area contributed by atoms with Crippen molar-refractivity contribution in [3.63, 3.8) is 0 Å². The Morgan fingerprint density at radius 3 is 2.38 bits per heavy atom. The van der Waals surface area contributed by atoms with Crippen molar-refractivity contribution in [2.45, 2.75) is 26.0 Å². The van der Waals surface area contributed by atoms with Gasteiger partial charge in [-0.15, -0.1) is 0 Å². The van der Waals surface area contributed by atoms with Crippen molar-refractivity contribution in [1.29, 1.82) is 0 Å². The molecular weight excluding hydrogens is 324 g/mol. The largest absolute Gasteiger partial charge is 0.490 e. The Kier molecular flexibility index (Phi) is 6.23. The second-order valence-corrected chi connectivity index (χ2v) is 6.39. The number of hydrogen-bond donors (Lipinski definition) is 1. The van der Waals surface area contributed by atoms with Gasteiger partial charge in [0.05, 0.1) is 6.20 Å². The molecule has 134 valence electrons. The van der Waals surface area contributed by atoms with Crippen LogP contribution >= 0.6 is 0 Å². The number of nitrogens with zero attached hydrogens (tertiary/aromatic N) is 1. The third-order valence-electron chi connectivity index (χ3n) is 3.98. The van der Waals surface area contributed by atoms with Crippen molar-refractivity contribution in [2.24, 2.45) is 5.73 Å². The molecule has 0 saturated heterocycles. The van der Waals surface area contributed by atoms with Crippen molar-refractivity contribution in [3.05, 3.63) is 89.7 Å². The SMILES string of the molecule is Cc1cncc(OCC(N)Cc2ccc(OCc3ccccc3)cc2)c1. The highest BCUT2D eigenvalue weighted by molar-refractivity contribution is 5.28. The molecule has 0 spiro atoms. The Morgan fingerprint density at radius 1 is 0.885 bits per heavy atom. The maximum absolute atomic E-state index is 6.19. The smallest absolute Gasteiger partial charge is 0.137 e. The van der Waals surface area contributed by atoms with E-state index in [0.717, 1.165) is 34.6 Å². The number of nitrogens with two attached hydrogens (primary N) is 1. The molecule has 0 aliphatic rings. The van der Waals surface area contributed by atoms with E-state index >= 15 is 0 Å². The van der Waals surface area contributed by atoms with E-state index in [1.165, 1.54) is 0 Å². The summed E-state index contributed by atoms with van der Waals surface area (Å²) >= 11 is 0. The van der Waals surface area contributed by atoms with Crippen LogP contribution < -0.4 is 15.2 Å². The highest BCUT2D eigenvalue weighted by Gasteiger charge is 2.06. The molecule has 1 aromatic heterocycles. The molecule has 0 radical (unpaired) electrons. The molecule has 2 N–H and O–H groups in total. The van der Waals surface area contributed by atoms with Gasteiger partial charge in [-0.1, -0.05) is 42.5 Å². The van der Waals surface area contributed by atoms with E-state index in [-0.39, 0.29) is 6.04 Å². The molecular formula is C22H24N2O2. The third kappa shape index (κ3) is 5.60. The molecule has 0 aliphatic carbocycles. The predicted molar refractivity (Wildman–Crippen MR) is 103 cm³/mol.